The Balaban J connectivity index is 1.35. The number of methoxy groups -OCH3 is 1. The minimum Gasteiger partial charge on any atom is -0.508 e. The van der Waals surface area contributed by atoms with Gasteiger partial charge in [-0.1, -0.05) is 25.0 Å². The molecule has 8 heteroatoms. The smallest absolute Gasteiger partial charge is 0.328 e. The second-order valence-corrected chi connectivity index (χ2v) is 10.5. The highest BCUT2D eigenvalue weighted by molar-refractivity contribution is 6.05. The van der Waals surface area contributed by atoms with Crippen LogP contribution in [0, 0.1) is 0 Å². The Morgan fingerprint density at radius 3 is 2.59 bits per heavy atom. The lowest BCUT2D eigenvalue weighted by Gasteiger charge is -2.36. The zero-order chi connectivity index (χ0) is 25.5. The van der Waals surface area contributed by atoms with E-state index in [4.69, 9.17) is 4.74 Å². The summed E-state index contributed by atoms with van der Waals surface area (Å²) >= 11 is 0. The lowest BCUT2D eigenvalue weighted by atomic mass is 9.89. The fraction of sp³-hybridized carbons (Fsp3) is 0.448. The molecule has 194 valence electrons. The Labute approximate surface area is 216 Å². The molecule has 3 aliphatic heterocycles. The Morgan fingerprint density at radius 1 is 1.03 bits per heavy atom. The van der Waals surface area contributed by atoms with Crippen LogP contribution in [0.5, 0.6) is 11.5 Å². The molecule has 2 atom stereocenters. The number of amides is 3. The first-order valence-electron chi connectivity index (χ1n) is 13.4. The minimum absolute atomic E-state index is 0.108. The number of aromatic amines is 1. The number of aromatic hydroxyl groups is 1. The summed E-state index contributed by atoms with van der Waals surface area (Å²) < 4.78 is 5.47. The molecule has 1 unspecified atom stereocenters. The van der Waals surface area contributed by atoms with E-state index < -0.39 is 6.04 Å². The second-order valence-electron chi connectivity index (χ2n) is 10.5. The predicted octanol–water partition coefficient (Wildman–Crippen LogP) is 4.23. The number of carbonyl (C=O) groups excluding carboxylic acids is 2. The largest absolute Gasteiger partial charge is 0.508 e. The minimum atomic E-state index is -0.531. The summed E-state index contributed by atoms with van der Waals surface area (Å²) in [7, 11) is 1.65. The highest BCUT2D eigenvalue weighted by Crippen LogP contribution is 2.43. The van der Waals surface area contributed by atoms with Gasteiger partial charge in [0.05, 0.1) is 13.2 Å². The molecule has 4 heterocycles. The summed E-state index contributed by atoms with van der Waals surface area (Å²) in [6.45, 7) is 3.20. The number of aromatic nitrogens is 1. The number of imide groups is 1. The Morgan fingerprint density at radius 2 is 1.84 bits per heavy atom. The van der Waals surface area contributed by atoms with Crippen molar-refractivity contribution in [1.82, 2.24) is 19.7 Å². The number of phenolic OH excluding ortho intramolecular Hbond substituents is 1. The number of fused-ring (bicyclic) bond motifs is 4. The number of phenols is 1. The molecule has 3 aromatic rings. The van der Waals surface area contributed by atoms with Crippen molar-refractivity contribution in [2.24, 2.45) is 0 Å². The van der Waals surface area contributed by atoms with Crippen LogP contribution in [0.3, 0.4) is 0 Å². The molecule has 2 fully saturated rings. The van der Waals surface area contributed by atoms with Gasteiger partial charge < -0.3 is 24.6 Å². The van der Waals surface area contributed by atoms with Crippen molar-refractivity contribution in [3.63, 3.8) is 0 Å². The first kappa shape index (κ1) is 23.9. The van der Waals surface area contributed by atoms with Gasteiger partial charge in [0.15, 0.2) is 0 Å². The summed E-state index contributed by atoms with van der Waals surface area (Å²) in [4.78, 5) is 36.7. The van der Waals surface area contributed by atoms with Crippen molar-refractivity contribution in [3.05, 3.63) is 59.3 Å². The van der Waals surface area contributed by atoms with Crippen LogP contribution in [-0.4, -0.2) is 76.1 Å². The van der Waals surface area contributed by atoms with Gasteiger partial charge in [0.25, 0.3) is 5.91 Å². The van der Waals surface area contributed by atoms with E-state index in [9.17, 15) is 14.7 Å². The first-order valence-corrected chi connectivity index (χ1v) is 13.4. The fourth-order valence-electron chi connectivity index (χ4n) is 6.33. The molecule has 8 nitrogen and oxygen atoms in total. The lowest BCUT2D eigenvalue weighted by molar-refractivity contribution is -0.128. The van der Waals surface area contributed by atoms with Crippen LogP contribution in [0.2, 0.25) is 0 Å². The predicted molar refractivity (Wildman–Crippen MR) is 141 cm³/mol. The molecule has 0 saturated carbocycles. The van der Waals surface area contributed by atoms with Gasteiger partial charge in [0, 0.05) is 36.1 Å². The third-order valence-corrected chi connectivity index (χ3v) is 8.23. The van der Waals surface area contributed by atoms with Gasteiger partial charge in [-0.25, -0.2) is 4.79 Å². The maximum atomic E-state index is 13.8. The highest BCUT2D eigenvalue weighted by atomic mass is 16.5. The zero-order valence-electron chi connectivity index (χ0n) is 21.3. The lowest BCUT2D eigenvalue weighted by Crippen LogP contribution is -2.44. The Hall–Kier alpha value is -3.52. The van der Waals surface area contributed by atoms with E-state index >= 15 is 0 Å². The topological polar surface area (TPSA) is 89.1 Å². The molecule has 2 saturated heterocycles. The molecular formula is C29H34N4O4. The van der Waals surface area contributed by atoms with Crippen molar-refractivity contribution < 1.29 is 19.4 Å². The summed E-state index contributed by atoms with van der Waals surface area (Å²) in [5.74, 6) is 0.840. The van der Waals surface area contributed by atoms with Gasteiger partial charge in [0.1, 0.15) is 17.5 Å². The van der Waals surface area contributed by atoms with Gasteiger partial charge >= 0.3 is 6.03 Å². The Bertz CT molecular complexity index is 1330. The molecule has 0 bridgehead atoms. The quantitative estimate of drug-likeness (QED) is 0.493. The van der Waals surface area contributed by atoms with E-state index in [1.165, 1.54) is 30.6 Å². The Kier molecular flexibility index (Phi) is 6.28. The highest BCUT2D eigenvalue weighted by Gasteiger charge is 2.52. The molecule has 37 heavy (non-hydrogen) atoms. The molecule has 3 amide bonds. The molecule has 0 radical (unpaired) electrons. The van der Waals surface area contributed by atoms with Crippen LogP contribution in [0.25, 0.3) is 10.9 Å². The maximum absolute atomic E-state index is 13.8. The number of hydrogen-bond acceptors (Lipinski definition) is 5. The number of H-pyrrole nitrogens is 1. The van der Waals surface area contributed by atoms with Crippen LogP contribution in [-0.2, 0) is 17.6 Å². The average molecular weight is 503 g/mol. The number of hydrogen-bond donors (Lipinski definition) is 2. The number of urea groups is 1. The number of ether oxygens (including phenoxy) is 1. The van der Waals surface area contributed by atoms with Crippen molar-refractivity contribution in [3.8, 4) is 11.5 Å². The third-order valence-electron chi connectivity index (χ3n) is 8.23. The SMILES string of the molecule is COc1ccc2[nH]c3c(c2c1)C[C@H]1C(=O)N(CCN2CCCCCC2)C(=O)N1C3Cc1cccc(O)c1. The summed E-state index contributed by atoms with van der Waals surface area (Å²) in [5, 5.41) is 11.1. The van der Waals surface area contributed by atoms with Crippen LogP contribution in [0.4, 0.5) is 4.79 Å². The molecule has 1 aromatic heterocycles. The normalized spacial score (nSPS) is 22.3. The van der Waals surface area contributed by atoms with E-state index in [0.717, 1.165) is 53.1 Å². The first-order chi connectivity index (χ1) is 18.0. The van der Waals surface area contributed by atoms with E-state index in [1.807, 2.05) is 30.3 Å². The molecule has 0 spiro atoms. The van der Waals surface area contributed by atoms with E-state index in [2.05, 4.69) is 9.88 Å². The van der Waals surface area contributed by atoms with Gasteiger partial charge in [-0.15, -0.1) is 0 Å². The van der Waals surface area contributed by atoms with Crippen molar-refractivity contribution in [2.75, 3.05) is 33.3 Å². The number of rotatable bonds is 6. The second kappa shape index (κ2) is 9.74. The monoisotopic (exact) mass is 502 g/mol. The maximum Gasteiger partial charge on any atom is 0.328 e. The molecular weight excluding hydrogens is 468 g/mol. The van der Waals surface area contributed by atoms with Crippen LogP contribution in [0.1, 0.15) is 48.5 Å². The van der Waals surface area contributed by atoms with E-state index in [1.54, 1.807) is 24.1 Å². The van der Waals surface area contributed by atoms with Crippen molar-refractivity contribution in [1.29, 1.82) is 0 Å². The number of benzene rings is 2. The zero-order valence-corrected chi connectivity index (χ0v) is 21.3. The fourth-order valence-corrected chi connectivity index (χ4v) is 6.33. The van der Waals surface area contributed by atoms with Crippen molar-refractivity contribution >= 4 is 22.8 Å². The van der Waals surface area contributed by atoms with Crippen LogP contribution >= 0.6 is 0 Å². The third kappa shape index (κ3) is 4.33. The van der Waals surface area contributed by atoms with Gasteiger partial charge in [-0.05, 0) is 73.8 Å². The van der Waals surface area contributed by atoms with E-state index in [0.29, 0.717) is 19.4 Å². The van der Waals surface area contributed by atoms with Gasteiger partial charge in [0.2, 0.25) is 0 Å². The standard InChI is InChI=1S/C29H34N4O4/c1-37-21-9-10-24-22(17-21)23-18-26-28(35)32(14-13-31-11-4-2-3-5-12-31)29(36)33(26)25(27(23)30-24)16-19-7-6-8-20(34)15-19/h6-10,15,17,25-26,30,34H,2-5,11-14,16,18H2,1H3/t25?,26-/m0/s1. The summed E-state index contributed by atoms with van der Waals surface area (Å²) in [6, 6.07) is 12.0. The number of nitrogens with one attached hydrogen (secondary N) is 1. The number of carbonyl (C=O) groups is 2. The average Bonchev–Trinajstić information content (AvgIpc) is 3.22. The molecule has 0 aliphatic carbocycles. The van der Waals surface area contributed by atoms with Crippen LogP contribution in [0.15, 0.2) is 42.5 Å². The summed E-state index contributed by atoms with van der Waals surface area (Å²) in [6.07, 6.45) is 5.83. The molecule has 2 aromatic carbocycles. The molecule has 3 aliphatic rings. The van der Waals surface area contributed by atoms with Gasteiger partial charge in [-0.3, -0.25) is 9.69 Å². The van der Waals surface area contributed by atoms with Gasteiger partial charge in [-0.2, -0.15) is 0 Å². The molecule has 6 rings (SSSR count). The van der Waals surface area contributed by atoms with E-state index in [-0.39, 0.29) is 23.7 Å². The number of nitrogens with zero attached hydrogens (tertiary/aromatic N) is 3. The summed E-state index contributed by atoms with van der Waals surface area (Å²) in [5.41, 5.74) is 3.90. The van der Waals surface area contributed by atoms with Crippen molar-refractivity contribution in [2.45, 2.75) is 50.6 Å². The van der Waals surface area contributed by atoms with Crippen LogP contribution < -0.4 is 4.74 Å². The number of likely N-dealkylation sites (tertiary alicyclic amines) is 1. The molecule has 2 N–H and O–H groups in total.